The number of thiophene rings is 1. The van der Waals surface area contributed by atoms with Crippen molar-refractivity contribution in [2.45, 2.75) is 12.8 Å². The minimum atomic E-state index is -0.348. The van der Waals surface area contributed by atoms with Gasteiger partial charge in [-0.15, -0.1) is 11.3 Å². The smallest absolute Gasteiger partial charge is 0.291 e. The lowest BCUT2D eigenvalue weighted by atomic mass is 10.2. The number of amides is 2. The van der Waals surface area contributed by atoms with E-state index >= 15 is 0 Å². The highest BCUT2D eigenvalue weighted by Gasteiger charge is 2.11. The lowest BCUT2D eigenvalue weighted by Crippen LogP contribution is -2.13. The van der Waals surface area contributed by atoms with Gasteiger partial charge in [0.05, 0.1) is 11.1 Å². The molecule has 2 N–H and O–H groups in total. The lowest BCUT2D eigenvalue weighted by molar-refractivity contribution is -0.116. The molecule has 0 bridgehead atoms. The quantitative estimate of drug-likeness (QED) is 0.612. The second-order valence-corrected chi connectivity index (χ2v) is 6.41. The van der Waals surface area contributed by atoms with Crippen LogP contribution >= 0.6 is 11.3 Å². The maximum Gasteiger partial charge on any atom is 0.291 e. The predicted molar refractivity (Wildman–Crippen MR) is 99.6 cm³/mol. The Labute approximate surface area is 153 Å². The molecule has 0 aliphatic rings. The fourth-order valence-corrected chi connectivity index (χ4v) is 2.94. The summed E-state index contributed by atoms with van der Waals surface area (Å²) in [6.07, 6.45) is 1.72. The summed E-state index contributed by atoms with van der Waals surface area (Å²) in [7, 11) is 0. The molecule has 0 radical (unpaired) electrons. The van der Waals surface area contributed by atoms with Crippen molar-refractivity contribution in [2.75, 3.05) is 10.6 Å². The summed E-state index contributed by atoms with van der Waals surface area (Å²) >= 11 is 1.37. The Kier molecular flexibility index (Phi) is 5.60. The molecular weight excluding hydrogens is 352 g/mol. The zero-order valence-electron chi connectivity index (χ0n) is 13.7. The van der Waals surface area contributed by atoms with Gasteiger partial charge < -0.3 is 15.1 Å². The first-order chi connectivity index (χ1) is 12.6. The highest BCUT2D eigenvalue weighted by molar-refractivity contribution is 7.12. The Balaban J connectivity index is 1.48. The van der Waals surface area contributed by atoms with E-state index in [1.54, 1.807) is 42.5 Å². The molecule has 1 aromatic carbocycles. The van der Waals surface area contributed by atoms with Crippen LogP contribution in [0.25, 0.3) is 0 Å². The third-order valence-corrected chi connectivity index (χ3v) is 4.46. The molecule has 7 heteroatoms. The Morgan fingerprint density at radius 1 is 0.885 bits per heavy atom. The molecule has 0 unspecified atom stereocenters. The van der Waals surface area contributed by atoms with Gasteiger partial charge in [-0.3, -0.25) is 14.4 Å². The number of benzene rings is 1. The van der Waals surface area contributed by atoms with Gasteiger partial charge in [-0.05, 0) is 47.8 Å². The van der Waals surface area contributed by atoms with Crippen LogP contribution in [-0.2, 0) is 4.79 Å². The van der Waals surface area contributed by atoms with Gasteiger partial charge in [-0.2, -0.15) is 0 Å². The van der Waals surface area contributed by atoms with Gasteiger partial charge in [0.1, 0.15) is 0 Å². The molecular formula is C19H16N2O4S. The predicted octanol–water partition coefficient (Wildman–Crippen LogP) is 4.20. The number of Topliss-reactive ketones (excluding diaryl/α,β-unsaturated/α-hetero) is 1. The van der Waals surface area contributed by atoms with Crippen molar-refractivity contribution >= 4 is 40.3 Å². The Hall–Kier alpha value is -3.19. The first-order valence-corrected chi connectivity index (χ1v) is 8.81. The Bertz CT molecular complexity index is 884. The van der Waals surface area contributed by atoms with Crippen LogP contribution in [0.2, 0.25) is 0 Å². The molecule has 0 aliphatic carbocycles. The average Bonchev–Trinajstić information content (AvgIpc) is 3.35. The number of carbonyl (C=O) groups is 3. The molecule has 0 spiro atoms. The van der Waals surface area contributed by atoms with Crippen LogP contribution in [-0.4, -0.2) is 17.6 Å². The summed E-state index contributed by atoms with van der Waals surface area (Å²) in [5.74, 6) is -0.398. The van der Waals surface area contributed by atoms with E-state index in [-0.39, 0.29) is 36.2 Å². The monoisotopic (exact) mass is 368 g/mol. The van der Waals surface area contributed by atoms with Crippen molar-refractivity contribution in [3.8, 4) is 0 Å². The summed E-state index contributed by atoms with van der Waals surface area (Å²) in [5, 5.41) is 7.26. The van der Waals surface area contributed by atoms with E-state index in [2.05, 4.69) is 10.6 Å². The van der Waals surface area contributed by atoms with Crippen molar-refractivity contribution in [3.05, 3.63) is 70.8 Å². The fraction of sp³-hybridized carbons (Fsp3) is 0.105. The molecule has 2 amide bonds. The number of hydrogen-bond donors (Lipinski definition) is 2. The molecule has 26 heavy (non-hydrogen) atoms. The summed E-state index contributed by atoms with van der Waals surface area (Å²) in [4.78, 5) is 36.4. The minimum Gasteiger partial charge on any atom is -0.459 e. The average molecular weight is 368 g/mol. The van der Waals surface area contributed by atoms with E-state index in [0.29, 0.717) is 16.3 Å². The molecule has 3 aromatic rings. The van der Waals surface area contributed by atoms with Gasteiger partial charge >= 0.3 is 0 Å². The number of carbonyl (C=O) groups excluding carboxylic acids is 3. The molecule has 0 saturated heterocycles. The zero-order chi connectivity index (χ0) is 18.4. The fourth-order valence-electron chi connectivity index (χ4n) is 2.25. The van der Waals surface area contributed by atoms with Crippen molar-refractivity contribution in [3.63, 3.8) is 0 Å². The van der Waals surface area contributed by atoms with Crippen LogP contribution in [0.1, 0.15) is 33.1 Å². The zero-order valence-corrected chi connectivity index (χ0v) is 14.5. The number of anilines is 2. The standard InChI is InChI=1S/C19H16N2O4S/c22-15(17-4-2-12-26-17)9-10-18(23)20-13-5-7-14(8-6-13)21-19(24)16-3-1-11-25-16/h1-8,11-12H,9-10H2,(H,20,23)(H,21,24). The number of ketones is 1. The van der Waals surface area contributed by atoms with Crippen LogP contribution in [0, 0.1) is 0 Å². The van der Waals surface area contributed by atoms with E-state index in [1.807, 2.05) is 11.4 Å². The number of nitrogens with one attached hydrogen (secondary N) is 2. The van der Waals surface area contributed by atoms with Gasteiger partial charge in [0.25, 0.3) is 5.91 Å². The number of rotatable bonds is 7. The second-order valence-electron chi connectivity index (χ2n) is 5.46. The van der Waals surface area contributed by atoms with Gasteiger partial charge in [0, 0.05) is 24.2 Å². The number of hydrogen-bond acceptors (Lipinski definition) is 5. The van der Waals surface area contributed by atoms with E-state index in [0.717, 1.165) is 0 Å². The van der Waals surface area contributed by atoms with Crippen LogP contribution in [0.5, 0.6) is 0 Å². The summed E-state index contributed by atoms with van der Waals surface area (Å²) in [6, 6.07) is 13.5. The molecule has 2 aromatic heterocycles. The van der Waals surface area contributed by atoms with Crippen molar-refractivity contribution < 1.29 is 18.8 Å². The van der Waals surface area contributed by atoms with Crippen molar-refractivity contribution in [1.82, 2.24) is 0 Å². The highest BCUT2D eigenvalue weighted by atomic mass is 32.1. The first kappa shape index (κ1) is 17.6. The van der Waals surface area contributed by atoms with Crippen LogP contribution in [0.4, 0.5) is 11.4 Å². The van der Waals surface area contributed by atoms with Gasteiger partial charge in [-0.25, -0.2) is 0 Å². The molecule has 6 nitrogen and oxygen atoms in total. The maximum atomic E-state index is 12.0. The first-order valence-electron chi connectivity index (χ1n) is 7.93. The largest absolute Gasteiger partial charge is 0.459 e. The normalized spacial score (nSPS) is 10.3. The molecule has 3 rings (SSSR count). The Morgan fingerprint density at radius 2 is 1.62 bits per heavy atom. The third-order valence-electron chi connectivity index (χ3n) is 3.55. The third kappa shape index (κ3) is 4.67. The minimum absolute atomic E-state index is 0.0360. The SMILES string of the molecule is O=C(CCC(=O)c1cccs1)Nc1ccc(NC(=O)c2ccco2)cc1. The van der Waals surface area contributed by atoms with Crippen LogP contribution in [0.15, 0.2) is 64.6 Å². The van der Waals surface area contributed by atoms with E-state index in [1.165, 1.54) is 17.6 Å². The molecule has 0 fully saturated rings. The summed E-state index contributed by atoms with van der Waals surface area (Å²) < 4.78 is 5.02. The molecule has 0 aliphatic heterocycles. The second kappa shape index (κ2) is 8.26. The van der Waals surface area contributed by atoms with Crippen LogP contribution in [0.3, 0.4) is 0 Å². The van der Waals surface area contributed by atoms with Crippen molar-refractivity contribution in [1.29, 1.82) is 0 Å². The molecule has 132 valence electrons. The van der Waals surface area contributed by atoms with E-state index < -0.39 is 0 Å². The Morgan fingerprint density at radius 3 is 2.23 bits per heavy atom. The van der Waals surface area contributed by atoms with Gasteiger partial charge in [0.2, 0.25) is 5.91 Å². The highest BCUT2D eigenvalue weighted by Crippen LogP contribution is 2.16. The summed E-state index contributed by atoms with van der Waals surface area (Å²) in [5.41, 5.74) is 1.17. The van der Waals surface area contributed by atoms with E-state index in [4.69, 9.17) is 4.42 Å². The van der Waals surface area contributed by atoms with E-state index in [9.17, 15) is 14.4 Å². The molecule has 0 saturated carbocycles. The number of furan rings is 1. The van der Waals surface area contributed by atoms with Gasteiger partial charge in [0.15, 0.2) is 11.5 Å². The summed E-state index contributed by atoms with van der Waals surface area (Å²) in [6.45, 7) is 0. The molecule has 2 heterocycles. The maximum absolute atomic E-state index is 12.0. The lowest BCUT2D eigenvalue weighted by Gasteiger charge is -2.07. The van der Waals surface area contributed by atoms with Crippen molar-refractivity contribution in [2.24, 2.45) is 0 Å². The van der Waals surface area contributed by atoms with Gasteiger partial charge in [-0.1, -0.05) is 6.07 Å². The van der Waals surface area contributed by atoms with Crippen LogP contribution < -0.4 is 10.6 Å². The topological polar surface area (TPSA) is 88.4 Å². The molecule has 0 atom stereocenters.